The van der Waals surface area contributed by atoms with Crippen molar-refractivity contribution in [2.75, 3.05) is 6.54 Å². The molecule has 0 rings (SSSR count). The molecule has 0 heterocycles. The summed E-state index contributed by atoms with van der Waals surface area (Å²) in [4.78, 5) is 16.4. The monoisotopic (exact) mass is 353 g/mol. The topological polar surface area (TPSA) is 38.3 Å². The molecule has 1 N–H and O–H groups in total. The lowest BCUT2D eigenvalue weighted by molar-refractivity contribution is -0.151. The van der Waals surface area contributed by atoms with E-state index < -0.39 is 0 Å². The second kappa shape index (κ2) is 19.5. The fourth-order valence-corrected chi connectivity index (χ4v) is 2.68. The Morgan fingerprint density at radius 1 is 0.840 bits per heavy atom. The van der Waals surface area contributed by atoms with Crippen molar-refractivity contribution in [2.24, 2.45) is 5.92 Å². The fourth-order valence-electron chi connectivity index (χ4n) is 2.68. The number of hydroxylamine groups is 1. The Balaban J connectivity index is 3.20. The van der Waals surface area contributed by atoms with Crippen molar-refractivity contribution >= 4 is 5.97 Å². The first-order valence-corrected chi connectivity index (χ1v) is 10.7. The molecule has 148 valence electrons. The summed E-state index contributed by atoms with van der Waals surface area (Å²) in [7, 11) is 0. The van der Waals surface area contributed by atoms with Gasteiger partial charge in [0.05, 0.1) is 0 Å². The molecule has 0 aromatic heterocycles. The largest absolute Gasteiger partial charge is 0.371 e. The fraction of sp³-hybridized carbons (Fsp3) is 0.864. The minimum atomic E-state index is -0.127. The summed E-state index contributed by atoms with van der Waals surface area (Å²) in [5.74, 6) is 0.367. The zero-order valence-electron chi connectivity index (χ0n) is 17.2. The third kappa shape index (κ3) is 21.1. The van der Waals surface area contributed by atoms with Gasteiger partial charge in [0.2, 0.25) is 0 Å². The van der Waals surface area contributed by atoms with Crippen LogP contribution < -0.4 is 5.48 Å². The number of carbonyl (C=O) groups is 1. The van der Waals surface area contributed by atoms with E-state index in [1.165, 1.54) is 70.6 Å². The Labute approximate surface area is 156 Å². The summed E-state index contributed by atoms with van der Waals surface area (Å²) in [6.07, 6.45) is 21.8. The number of nitrogens with one attached hydrogen (secondary N) is 1. The SMILES string of the molecule is CCCCCCCC/C=C\CCCCCCCC(=O)ONCC(C)C. The highest BCUT2D eigenvalue weighted by Gasteiger charge is 2.03. The van der Waals surface area contributed by atoms with Crippen LogP contribution in [-0.2, 0) is 9.63 Å². The normalized spacial score (nSPS) is 11.5. The van der Waals surface area contributed by atoms with Crippen molar-refractivity contribution in [3.63, 3.8) is 0 Å². The lowest BCUT2D eigenvalue weighted by atomic mass is 10.1. The van der Waals surface area contributed by atoms with Gasteiger partial charge in [-0.25, -0.2) is 0 Å². The van der Waals surface area contributed by atoms with Crippen molar-refractivity contribution < 1.29 is 9.63 Å². The Bertz CT molecular complexity index is 313. The Kier molecular flexibility index (Phi) is 18.8. The lowest BCUT2D eigenvalue weighted by Crippen LogP contribution is -2.23. The van der Waals surface area contributed by atoms with E-state index in [2.05, 4.69) is 38.4 Å². The molecular formula is C22H43NO2. The van der Waals surface area contributed by atoms with Gasteiger partial charge in [-0.3, -0.25) is 4.79 Å². The van der Waals surface area contributed by atoms with Crippen LogP contribution in [0.3, 0.4) is 0 Å². The molecule has 0 aromatic rings. The highest BCUT2D eigenvalue weighted by atomic mass is 16.7. The van der Waals surface area contributed by atoms with Crippen LogP contribution in [0.2, 0.25) is 0 Å². The van der Waals surface area contributed by atoms with Gasteiger partial charge in [0.1, 0.15) is 0 Å². The highest BCUT2D eigenvalue weighted by Crippen LogP contribution is 2.10. The Morgan fingerprint density at radius 2 is 1.36 bits per heavy atom. The summed E-state index contributed by atoms with van der Waals surface area (Å²) in [6.45, 7) is 7.16. The average molecular weight is 354 g/mol. The Hall–Kier alpha value is -0.830. The van der Waals surface area contributed by atoms with Gasteiger partial charge in [-0.05, 0) is 38.0 Å². The molecule has 0 atom stereocenters. The first kappa shape index (κ1) is 24.2. The van der Waals surface area contributed by atoms with Crippen LogP contribution in [0.5, 0.6) is 0 Å². The van der Waals surface area contributed by atoms with E-state index in [0.717, 1.165) is 19.4 Å². The molecule has 0 bridgehead atoms. The summed E-state index contributed by atoms with van der Waals surface area (Å²) >= 11 is 0. The van der Waals surface area contributed by atoms with E-state index in [9.17, 15) is 4.79 Å². The molecule has 0 spiro atoms. The zero-order chi connectivity index (χ0) is 18.6. The third-order valence-corrected chi connectivity index (χ3v) is 4.32. The second-order valence-corrected chi connectivity index (χ2v) is 7.55. The van der Waals surface area contributed by atoms with Crippen molar-refractivity contribution in [3.8, 4) is 0 Å². The minimum Gasteiger partial charge on any atom is -0.371 e. The number of carbonyl (C=O) groups excluding carboxylic acids is 1. The maximum absolute atomic E-state index is 11.5. The first-order valence-electron chi connectivity index (χ1n) is 10.7. The molecule has 0 aliphatic heterocycles. The smallest absolute Gasteiger partial charge is 0.324 e. The van der Waals surface area contributed by atoms with E-state index in [0.29, 0.717) is 12.3 Å². The number of hydrogen-bond acceptors (Lipinski definition) is 3. The van der Waals surface area contributed by atoms with Gasteiger partial charge < -0.3 is 4.84 Å². The molecule has 0 aliphatic carbocycles. The summed E-state index contributed by atoms with van der Waals surface area (Å²) in [6, 6.07) is 0. The standard InChI is InChI=1S/C22H43NO2/c1-4-5-6-7-8-9-10-11-12-13-14-15-16-17-18-19-22(24)25-23-20-21(2)3/h11-12,21,23H,4-10,13-20H2,1-3H3/b12-11-. The van der Waals surface area contributed by atoms with Gasteiger partial charge >= 0.3 is 5.97 Å². The van der Waals surface area contributed by atoms with Gasteiger partial charge in [-0.1, -0.05) is 84.3 Å². The Morgan fingerprint density at radius 3 is 1.92 bits per heavy atom. The van der Waals surface area contributed by atoms with E-state index >= 15 is 0 Å². The summed E-state index contributed by atoms with van der Waals surface area (Å²) < 4.78 is 0. The predicted molar refractivity (Wildman–Crippen MR) is 108 cm³/mol. The zero-order valence-corrected chi connectivity index (χ0v) is 17.2. The van der Waals surface area contributed by atoms with Gasteiger partial charge in [0.15, 0.2) is 0 Å². The van der Waals surface area contributed by atoms with Crippen LogP contribution in [0.4, 0.5) is 0 Å². The molecule has 25 heavy (non-hydrogen) atoms. The van der Waals surface area contributed by atoms with Crippen molar-refractivity contribution in [1.82, 2.24) is 5.48 Å². The molecule has 0 fully saturated rings. The van der Waals surface area contributed by atoms with Crippen LogP contribution in [0.25, 0.3) is 0 Å². The number of rotatable bonds is 18. The lowest BCUT2D eigenvalue weighted by Gasteiger charge is -2.07. The quantitative estimate of drug-likeness (QED) is 0.169. The third-order valence-electron chi connectivity index (χ3n) is 4.32. The van der Waals surface area contributed by atoms with Crippen molar-refractivity contribution in [2.45, 2.75) is 111 Å². The van der Waals surface area contributed by atoms with Crippen LogP contribution in [0.15, 0.2) is 12.2 Å². The van der Waals surface area contributed by atoms with E-state index in [4.69, 9.17) is 4.84 Å². The van der Waals surface area contributed by atoms with Crippen LogP contribution in [0.1, 0.15) is 111 Å². The van der Waals surface area contributed by atoms with Crippen molar-refractivity contribution in [1.29, 1.82) is 0 Å². The predicted octanol–water partition coefficient (Wildman–Crippen LogP) is 6.73. The molecular weight excluding hydrogens is 310 g/mol. The maximum atomic E-state index is 11.5. The maximum Gasteiger partial charge on any atom is 0.324 e. The van der Waals surface area contributed by atoms with Gasteiger partial charge in [0.25, 0.3) is 0 Å². The minimum absolute atomic E-state index is 0.127. The molecule has 0 unspecified atom stereocenters. The highest BCUT2D eigenvalue weighted by molar-refractivity contribution is 5.68. The first-order chi connectivity index (χ1) is 12.2. The molecule has 0 amide bonds. The van der Waals surface area contributed by atoms with Crippen LogP contribution >= 0.6 is 0 Å². The van der Waals surface area contributed by atoms with Gasteiger partial charge in [-0.2, -0.15) is 5.48 Å². The number of unbranched alkanes of at least 4 members (excludes halogenated alkanes) is 11. The molecule has 0 radical (unpaired) electrons. The summed E-state index contributed by atoms with van der Waals surface area (Å²) in [5.41, 5.74) is 2.73. The van der Waals surface area contributed by atoms with Gasteiger partial charge in [-0.15, -0.1) is 0 Å². The molecule has 0 aliphatic rings. The van der Waals surface area contributed by atoms with Crippen molar-refractivity contribution in [3.05, 3.63) is 12.2 Å². The van der Waals surface area contributed by atoms with E-state index in [1.807, 2.05) is 0 Å². The second-order valence-electron chi connectivity index (χ2n) is 7.55. The molecule has 3 heteroatoms. The van der Waals surface area contributed by atoms with E-state index in [1.54, 1.807) is 0 Å². The molecule has 3 nitrogen and oxygen atoms in total. The average Bonchev–Trinajstić information content (AvgIpc) is 2.58. The van der Waals surface area contributed by atoms with Gasteiger partial charge in [0, 0.05) is 13.0 Å². The molecule has 0 saturated heterocycles. The molecule has 0 aromatic carbocycles. The number of hydrogen-bond donors (Lipinski definition) is 1. The van der Waals surface area contributed by atoms with Crippen LogP contribution in [-0.4, -0.2) is 12.5 Å². The van der Waals surface area contributed by atoms with Crippen LogP contribution in [0, 0.1) is 5.92 Å². The van der Waals surface area contributed by atoms with E-state index in [-0.39, 0.29) is 5.97 Å². The summed E-state index contributed by atoms with van der Waals surface area (Å²) in [5, 5.41) is 0. The molecule has 0 saturated carbocycles. The number of allylic oxidation sites excluding steroid dienone is 2.